The van der Waals surface area contributed by atoms with E-state index in [2.05, 4.69) is 20.8 Å². The number of aromatic nitrogens is 1. The Morgan fingerprint density at radius 3 is 3.04 bits per heavy atom. The summed E-state index contributed by atoms with van der Waals surface area (Å²) in [6.07, 6.45) is 1.52. The summed E-state index contributed by atoms with van der Waals surface area (Å²) >= 11 is 1.50. The number of hydrazone groups is 1. The van der Waals surface area contributed by atoms with Gasteiger partial charge < -0.3 is 19.5 Å². The lowest BCUT2D eigenvalue weighted by Gasteiger charge is -2.10. The van der Waals surface area contributed by atoms with Crippen molar-refractivity contribution in [3.8, 4) is 17.2 Å². The van der Waals surface area contributed by atoms with E-state index < -0.39 is 6.04 Å². The molecule has 0 aliphatic carbocycles. The number of rotatable bonds is 6. The minimum Gasteiger partial charge on any atom is -0.493 e. The van der Waals surface area contributed by atoms with Crippen LogP contribution < -0.4 is 25.0 Å². The second-order valence-electron chi connectivity index (χ2n) is 6.04. The van der Waals surface area contributed by atoms with Gasteiger partial charge >= 0.3 is 0 Å². The van der Waals surface area contributed by atoms with Gasteiger partial charge in [-0.1, -0.05) is 23.5 Å². The highest BCUT2D eigenvalue weighted by Crippen LogP contribution is 2.41. The summed E-state index contributed by atoms with van der Waals surface area (Å²) in [7, 11) is 1.55. The number of ether oxygens (including phenoxy) is 3. The van der Waals surface area contributed by atoms with E-state index in [9.17, 15) is 4.79 Å². The van der Waals surface area contributed by atoms with Crippen LogP contribution in [0.15, 0.2) is 41.5 Å². The van der Waals surface area contributed by atoms with Gasteiger partial charge in [0.25, 0.3) is 5.91 Å². The number of anilines is 1. The van der Waals surface area contributed by atoms with Gasteiger partial charge in [-0.2, -0.15) is 5.10 Å². The highest BCUT2D eigenvalue weighted by molar-refractivity contribution is 7.22. The molecule has 0 radical (unpaired) electrons. The van der Waals surface area contributed by atoms with Gasteiger partial charge in [0.2, 0.25) is 12.5 Å². The van der Waals surface area contributed by atoms with Crippen molar-refractivity contribution in [3.05, 3.63) is 42.0 Å². The number of amides is 1. The molecular weight excluding hydrogens is 380 g/mol. The van der Waals surface area contributed by atoms with Crippen LogP contribution in [0.25, 0.3) is 10.2 Å². The number of nitrogens with zero attached hydrogens (tertiary/aromatic N) is 2. The molecule has 144 valence electrons. The van der Waals surface area contributed by atoms with Crippen LogP contribution >= 0.6 is 11.3 Å². The number of para-hydroxylation sites is 1. The highest BCUT2D eigenvalue weighted by atomic mass is 32.1. The standard InChI is InChI=1S/C19H18N4O4S/c1-11(21-19-22-13-5-3-4-6-16(13)28-19)18(24)23-20-9-12-7-14(25-2)17-15(8-12)26-10-27-17/h3-9,11H,10H2,1-2H3,(H,21,22)(H,23,24)/b20-9-/t11-/m1/s1. The van der Waals surface area contributed by atoms with Gasteiger partial charge in [0.05, 0.1) is 23.5 Å². The van der Waals surface area contributed by atoms with Gasteiger partial charge in [-0.15, -0.1) is 0 Å². The second-order valence-corrected chi connectivity index (χ2v) is 7.07. The molecule has 9 heteroatoms. The lowest BCUT2D eigenvalue weighted by atomic mass is 10.2. The third kappa shape index (κ3) is 3.70. The number of hydrogen-bond donors (Lipinski definition) is 2. The minimum absolute atomic E-state index is 0.151. The summed E-state index contributed by atoms with van der Waals surface area (Å²) < 4.78 is 17.1. The molecule has 1 aliphatic heterocycles. The monoisotopic (exact) mass is 398 g/mol. The summed E-state index contributed by atoms with van der Waals surface area (Å²) in [5.74, 6) is 1.42. The zero-order chi connectivity index (χ0) is 19.5. The van der Waals surface area contributed by atoms with Gasteiger partial charge in [-0.3, -0.25) is 4.79 Å². The summed E-state index contributed by atoms with van der Waals surface area (Å²) in [4.78, 5) is 16.7. The molecule has 0 fully saturated rings. The molecular formula is C19H18N4O4S. The maximum Gasteiger partial charge on any atom is 0.262 e. The van der Waals surface area contributed by atoms with Gasteiger partial charge in [-0.25, -0.2) is 10.4 Å². The maximum atomic E-state index is 12.3. The van der Waals surface area contributed by atoms with E-state index in [0.29, 0.717) is 27.9 Å². The minimum atomic E-state index is -0.496. The number of thiazole rings is 1. The average molecular weight is 398 g/mol. The Balaban J connectivity index is 1.38. The fraction of sp³-hybridized carbons (Fsp3) is 0.211. The first-order valence-electron chi connectivity index (χ1n) is 8.56. The van der Waals surface area contributed by atoms with Crippen molar-refractivity contribution < 1.29 is 19.0 Å². The zero-order valence-corrected chi connectivity index (χ0v) is 16.1. The lowest BCUT2D eigenvalue weighted by Crippen LogP contribution is -2.34. The van der Waals surface area contributed by atoms with Crippen LogP contribution in [-0.2, 0) is 4.79 Å². The number of carbonyl (C=O) groups excluding carboxylic acids is 1. The largest absolute Gasteiger partial charge is 0.493 e. The summed E-state index contributed by atoms with van der Waals surface area (Å²) in [6.45, 7) is 1.90. The van der Waals surface area contributed by atoms with Crippen LogP contribution in [0.3, 0.4) is 0 Å². The molecule has 1 atom stereocenters. The SMILES string of the molecule is COc1cc(/C=N\NC(=O)[C@@H](C)Nc2nc3ccccc3s2)cc2c1OCO2. The topological polar surface area (TPSA) is 94.1 Å². The predicted molar refractivity (Wildman–Crippen MR) is 108 cm³/mol. The van der Waals surface area contributed by atoms with Crippen LogP contribution in [0.2, 0.25) is 0 Å². The van der Waals surface area contributed by atoms with Gasteiger partial charge in [0.15, 0.2) is 16.6 Å². The Kier molecular flexibility index (Phi) is 4.98. The molecule has 2 heterocycles. The van der Waals surface area contributed by atoms with E-state index in [0.717, 1.165) is 10.2 Å². The maximum absolute atomic E-state index is 12.3. The Morgan fingerprint density at radius 2 is 2.21 bits per heavy atom. The fourth-order valence-electron chi connectivity index (χ4n) is 2.68. The molecule has 0 spiro atoms. The van der Waals surface area contributed by atoms with E-state index in [1.165, 1.54) is 17.6 Å². The first-order valence-corrected chi connectivity index (χ1v) is 9.38. The Bertz CT molecular complexity index is 1020. The molecule has 4 rings (SSSR count). The molecule has 28 heavy (non-hydrogen) atoms. The van der Waals surface area contributed by atoms with Crippen LogP contribution in [-0.4, -0.2) is 37.1 Å². The third-order valence-corrected chi connectivity index (χ3v) is 5.06. The third-order valence-electron chi connectivity index (χ3n) is 4.10. The summed E-state index contributed by atoms with van der Waals surface area (Å²) in [6, 6.07) is 10.8. The number of nitrogens with one attached hydrogen (secondary N) is 2. The van der Waals surface area contributed by atoms with Crippen molar-refractivity contribution in [2.24, 2.45) is 5.10 Å². The number of benzene rings is 2. The van der Waals surface area contributed by atoms with E-state index in [4.69, 9.17) is 14.2 Å². The molecule has 2 aromatic carbocycles. The van der Waals surface area contributed by atoms with E-state index in [1.54, 1.807) is 26.2 Å². The molecule has 0 bridgehead atoms. The van der Waals surface area contributed by atoms with E-state index in [1.807, 2.05) is 24.3 Å². The van der Waals surface area contributed by atoms with Gasteiger partial charge in [0, 0.05) is 5.56 Å². The normalized spacial score (nSPS) is 13.6. The van der Waals surface area contributed by atoms with Crippen LogP contribution in [0, 0.1) is 0 Å². The molecule has 3 aromatic rings. The molecule has 1 aromatic heterocycles. The molecule has 0 saturated carbocycles. The van der Waals surface area contributed by atoms with Crippen LogP contribution in [0.1, 0.15) is 12.5 Å². The fourth-order valence-corrected chi connectivity index (χ4v) is 3.63. The van der Waals surface area contributed by atoms with Crippen LogP contribution in [0.5, 0.6) is 17.2 Å². The first kappa shape index (κ1) is 18.1. The van der Waals surface area contributed by atoms with Crippen molar-refractivity contribution >= 4 is 38.8 Å². The van der Waals surface area contributed by atoms with Crippen LogP contribution in [0.4, 0.5) is 5.13 Å². The number of methoxy groups -OCH3 is 1. The van der Waals surface area contributed by atoms with Gasteiger partial charge in [0.1, 0.15) is 6.04 Å². The number of fused-ring (bicyclic) bond motifs is 2. The number of carbonyl (C=O) groups is 1. The molecule has 2 N–H and O–H groups in total. The zero-order valence-electron chi connectivity index (χ0n) is 15.3. The van der Waals surface area contributed by atoms with Crippen molar-refractivity contribution in [1.82, 2.24) is 10.4 Å². The van der Waals surface area contributed by atoms with Crippen molar-refractivity contribution in [3.63, 3.8) is 0 Å². The molecule has 8 nitrogen and oxygen atoms in total. The lowest BCUT2D eigenvalue weighted by molar-refractivity contribution is -0.121. The Hall–Kier alpha value is -3.33. The smallest absolute Gasteiger partial charge is 0.262 e. The second kappa shape index (κ2) is 7.73. The van der Waals surface area contributed by atoms with Crippen molar-refractivity contribution in [2.75, 3.05) is 19.2 Å². The summed E-state index contributed by atoms with van der Waals surface area (Å²) in [5.41, 5.74) is 4.14. The predicted octanol–water partition coefficient (Wildman–Crippen LogP) is 2.98. The molecule has 0 unspecified atom stereocenters. The highest BCUT2D eigenvalue weighted by Gasteiger charge is 2.19. The Morgan fingerprint density at radius 1 is 1.36 bits per heavy atom. The Labute approximate surface area is 165 Å². The first-order chi connectivity index (χ1) is 13.6. The quantitative estimate of drug-likeness (QED) is 0.490. The van der Waals surface area contributed by atoms with E-state index in [-0.39, 0.29) is 12.7 Å². The molecule has 0 saturated heterocycles. The van der Waals surface area contributed by atoms with E-state index >= 15 is 0 Å². The van der Waals surface area contributed by atoms with Gasteiger partial charge in [-0.05, 0) is 31.2 Å². The van der Waals surface area contributed by atoms with Crippen molar-refractivity contribution in [1.29, 1.82) is 0 Å². The molecule has 1 amide bonds. The molecule has 1 aliphatic rings. The number of hydrogen-bond acceptors (Lipinski definition) is 8. The average Bonchev–Trinajstić information content (AvgIpc) is 3.33. The summed E-state index contributed by atoms with van der Waals surface area (Å²) in [5, 5.41) is 7.80. The van der Waals surface area contributed by atoms with Crippen molar-refractivity contribution in [2.45, 2.75) is 13.0 Å².